The number of hydrogen-bond acceptors (Lipinski definition) is 5. The van der Waals surface area contributed by atoms with Crippen molar-refractivity contribution in [2.24, 2.45) is 5.92 Å². The quantitative estimate of drug-likeness (QED) is 0.418. The van der Waals surface area contributed by atoms with E-state index in [9.17, 15) is 22.4 Å². The number of carbonyl (C=O) groups is 1. The van der Waals surface area contributed by atoms with Gasteiger partial charge in [-0.2, -0.15) is 13.2 Å². The second-order valence-corrected chi connectivity index (χ2v) is 9.20. The lowest BCUT2D eigenvalue weighted by Crippen LogP contribution is -2.47. The number of fused-ring (bicyclic) bond motifs is 3. The van der Waals surface area contributed by atoms with E-state index in [-0.39, 0.29) is 47.8 Å². The van der Waals surface area contributed by atoms with Gasteiger partial charge in [-0.1, -0.05) is 18.2 Å². The predicted molar refractivity (Wildman–Crippen MR) is 124 cm³/mol. The largest absolute Gasteiger partial charge is 0.474 e. The van der Waals surface area contributed by atoms with Gasteiger partial charge in [-0.15, -0.1) is 0 Å². The van der Waals surface area contributed by atoms with Crippen molar-refractivity contribution in [3.05, 3.63) is 59.8 Å². The second kappa shape index (κ2) is 9.55. The number of amides is 1. The van der Waals surface area contributed by atoms with E-state index in [1.165, 1.54) is 6.07 Å². The molecule has 36 heavy (non-hydrogen) atoms. The fourth-order valence-corrected chi connectivity index (χ4v) is 5.29. The molecule has 0 N–H and O–H groups in total. The van der Waals surface area contributed by atoms with Gasteiger partial charge in [0.05, 0.1) is 17.1 Å². The van der Waals surface area contributed by atoms with E-state index in [0.717, 1.165) is 24.1 Å². The third-order valence-corrected chi connectivity index (χ3v) is 7.08. The van der Waals surface area contributed by atoms with E-state index in [4.69, 9.17) is 9.47 Å². The molecule has 0 radical (unpaired) electrons. The molecule has 2 fully saturated rings. The zero-order chi connectivity index (χ0) is 25.4. The lowest BCUT2D eigenvalue weighted by atomic mass is 9.86. The van der Waals surface area contributed by atoms with Gasteiger partial charge in [-0.3, -0.25) is 4.79 Å². The van der Waals surface area contributed by atoms with Crippen molar-refractivity contribution in [1.29, 1.82) is 0 Å². The molecule has 5 rings (SSSR count). The zero-order valence-corrected chi connectivity index (χ0v) is 19.5. The molecule has 1 saturated heterocycles. The van der Waals surface area contributed by atoms with Crippen LogP contribution in [-0.4, -0.2) is 52.2 Å². The number of likely N-dealkylation sites (tertiary alicyclic amines) is 1. The van der Waals surface area contributed by atoms with Crippen LogP contribution in [0.1, 0.15) is 42.1 Å². The number of rotatable bonds is 6. The summed E-state index contributed by atoms with van der Waals surface area (Å²) in [4.78, 5) is 24.0. The monoisotopic (exact) mass is 503 g/mol. The molecule has 2 aliphatic rings. The van der Waals surface area contributed by atoms with Crippen molar-refractivity contribution in [2.45, 2.75) is 50.6 Å². The molecule has 3 heterocycles. The Hall–Kier alpha value is -3.43. The van der Waals surface area contributed by atoms with E-state index >= 15 is 0 Å². The van der Waals surface area contributed by atoms with Crippen LogP contribution in [-0.2, 0) is 6.18 Å². The van der Waals surface area contributed by atoms with Gasteiger partial charge >= 0.3 is 6.18 Å². The van der Waals surface area contributed by atoms with Crippen LogP contribution < -0.4 is 9.47 Å². The lowest BCUT2D eigenvalue weighted by Gasteiger charge is -2.33. The van der Waals surface area contributed by atoms with E-state index in [0.29, 0.717) is 18.4 Å². The van der Waals surface area contributed by atoms with Crippen molar-refractivity contribution >= 4 is 16.8 Å². The van der Waals surface area contributed by atoms with Gasteiger partial charge in [0, 0.05) is 23.7 Å². The minimum atomic E-state index is -4.48. The molecule has 3 aromatic rings. The number of nitrogens with zero attached hydrogens (tertiary/aromatic N) is 3. The first-order valence-corrected chi connectivity index (χ1v) is 11.9. The van der Waals surface area contributed by atoms with Crippen molar-refractivity contribution in [2.75, 3.05) is 13.3 Å². The van der Waals surface area contributed by atoms with Crippen LogP contribution in [0.2, 0.25) is 0 Å². The summed E-state index contributed by atoms with van der Waals surface area (Å²) < 4.78 is 63.1. The molecule has 2 bridgehead atoms. The van der Waals surface area contributed by atoms with Gasteiger partial charge in [-0.25, -0.2) is 14.4 Å². The topological polar surface area (TPSA) is 64.5 Å². The number of para-hydroxylation sites is 1. The zero-order valence-electron chi connectivity index (χ0n) is 19.5. The third-order valence-electron chi connectivity index (χ3n) is 7.08. The maximum Gasteiger partial charge on any atom is 0.417 e. The summed E-state index contributed by atoms with van der Waals surface area (Å²) in [6.45, 7) is 1.04. The van der Waals surface area contributed by atoms with Crippen molar-refractivity contribution < 1.29 is 31.8 Å². The van der Waals surface area contributed by atoms with Gasteiger partial charge in [0.1, 0.15) is 24.9 Å². The second-order valence-electron chi connectivity index (χ2n) is 9.20. The first kappa shape index (κ1) is 24.3. The van der Waals surface area contributed by atoms with Crippen LogP contribution in [0.15, 0.2) is 48.7 Å². The molecule has 10 heteroatoms. The molecule has 1 amide bonds. The van der Waals surface area contributed by atoms with Gasteiger partial charge in [0.15, 0.2) is 0 Å². The Morgan fingerprint density at radius 1 is 1.17 bits per heavy atom. The molecule has 4 unspecified atom stereocenters. The highest BCUT2D eigenvalue weighted by Crippen LogP contribution is 2.43. The fourth-order valence-electron chi connectivity index (χ4n) is 5.29. The molecule has 1 aliphatic carbocycles. The number of ether oxygens (including phenoxy) is 2. The molecular formula is C26H25F4N3O3. The van der Waals surface area contributed by atoms with Crippen LogP contribution in [0.25, 0.3) is 10.9 Å². The number of benzene rings is 1. The SMILES string of the molecule is CC1C2CCC(Oc3ccc(C(F)(F)F)cn3)C(C2)N1C(=O)c1cc2ccccc2nc1OCCF. The van der Waals surface area contributed by atoms with Crippen LogP contribution in [0.4, 0.5) is 17.6 Å². The molecule has 0 spiro atoms. The highest BCUT2D eigenvalue weighted by atomic mass is 19.4. The van der Waals surface area contributed by atoms with E-state index in [2.05, 4.69) is 9.97 Å². The maximum atomic E-state index is 13.9. The molecule has 1 aliphatic heterocycles. The minimum absolute atomic E-state index is 0.0758. The minimum Gasteiger partial charge on any atom is -0.474 e. The highest BCUT2D eigenvalue weighted by Gasteiger charge is 2.49. The molecule has 1 aromatic carbocycles. The Bertz CT molecular complexity index is 1250. The highest BCUT2D eigenvalue weighted by molar-refractivity contribution is 6.00. The lowest BCUT2D eigenvalue weighted by molar-refractivity contribution is -0.137. The molecular weight excluding hydrogens is 478 g/mol. The van der Waals surface area contributed by atoms with Crippen LogP contribution in [0.5, 0.6) is 11.8 Å². The Morgan fingerprint density at radius 2 is 1.97 bits per heavy atom. The van der Waals surface area contributed by atoms with Crippen molar-refractivity contribution in [3.8, 4) is 11.8 Å². The number of pyridine rings is 2. The van der Waals surface area contributed by atoms with E-state index in [1.54, 1.807) is 17.0 Å². The molecule has 1 saturated carbocycles. The van der Waals surface area contributed by atoms with Crippen LogP contribution >= 0.6 is 0 Å². The Labute approximate surface area is 205 Å². The number of hydrogen-bond donors (Lipinski definition) is 0. The van der Waals surface area contributed by atoms with Crippen LogP contribution in [0.3, 0.4) is 0 Å². The summed E-state index contributed by atoms with van der Waals surface area (Å²) in [5, 5.41) is 0.755. The Kier molecular flexibility index (Phi) is 6.44. The molecule has 2 aromatic heterocycles. The summed E-state index contributed by atoms with van der Waals surface area (Å²) in [6, 6.07) is 10.8. The number of carbonyl (C=O) groups excluding carboxylic acids is 1. The average molecular weight is 503 g/mol. The van der Waals surface area contributed by atoms with E-state index < -0.39 is 24.5 Å². The van der Waals surface area contributed by atoms with E-state index in [1.807, 2.05) is 25.1 Å². The summed E-state index contributed by atoms with van der Waals surface area (Å²) in [6.07, 6.45) is -2.00. The smallest absolute Gasteiger partial charge is 0.417 e. The van der Waals surface area contributed by atoms with Crippen LogP contribution in [0, 0.1) is 5.92 Å². The third kappa shape index (κ3) is 4.56. The first-order chi connectivity index (χ1) is 17.3. The summed E-state index contributed by atoms with van der Waals surface area (Å²) >= 11 is 0. The summed E-state index contributed by atoms with van der Waals surface area (Å²) in [5.41, 5.74) is 0.0214. The average Bonchev–Trinajstić information content (AvgIpc) is 3.13. The number of alkyl halides is 4. The molecule has 190 valence electrons. The maximum absolute atomic E-state index is 13.9. The van der Waals surface area contributed by atoms with Crippen molar-refractivity contribution in [1.82, 2.24) is 14.9 Å². The van der Waals surface area contributed by atoms with Gasteiger partial charge in [0.25, 0.3) is 5.91 Å². The number of aromatic nitrogens is 2. The van der Waals surface area contributed by atoms with Crippen molar-refractivity contribution in [3.63, 3.8) is 0 Å². The Morgan fingerprint density at radius 3 is 2.69 bits per heavy atom. The first-order valence-electron chi connectivity index (χ1n) is 11.9. The van der Waals surface area contributed by atoms with Gasteiger partial charge < -0.3 is 14.4 Å². The van der Waals surface area contributed by atoms with Gasteiger partial charge in [-0.05, 0) is 50.3 Å². The Balaban J connectivity index is 1.43. The fraction of sp³-hybridized carbons (Fsp3) is 0.423. The summed E-state index contributed by atoms with van der Waals surface area (Å²) in [5.74, 6) is 0.130. The summed E-state index contributed by atoms with van der Waals surface area (Å²) in [7, 11) is 0. The van der Waals surface area contributed by atoms with Gasteiger partial charge in [0.2, 0.25) is 11.8 Å². The molecule has 4 atom stereocenters. The molecule has 6 nitrogen and oxygen atoms in total. The predicted octanol–water partition coefficient (Wildman–Crippen LogP) is 5.46. The number of halogens is 4. The normalized spacial score (nSPS) is 23.6. The standard InChI is InChI=1S/C26H25F4N3O3/c1-15-16-6-8-22(36-23-9-7-18(14-31-23)26(28,29)30)21(13-16)33(15)25(34)19-12-17-4-2-3-5-20(17)32-24(19)35-11-10-27/h2-5,7,9,12,14-16,21-22H,6,8,10-11,13H2,1H3.